The number of anilines is 1. The van der Waals surface area contributed by atoms with Gasteiger partial charge in [-0.05, 0) is 68.6 Å². The molecule has 4 aromatic rings. The van der Waals surface area contributed by atoms with E-state index in [1.807, 2.05) is 20.9 Å². The second kappa shape index (κ2) is 11.8. The number of carbonyl (C=O) groups is 1. The third kappa shape index (κ3) is 6.49. The SMILES string of the molecule is Cc1ccc(C(=O)Nc2ccc(CCCN3CCOCC3)c(C(F)(F)F)c2)cc1-n1cc(-c2cnn(C)c2C)nn1. The maximum absolute atomic E-state index is 13.9. The first-order chi connectivity index (χ1) is 19.6. The molecule has 1 aliphatic rings. The Hall–Kier alpha value is -4.03. The Morgan fingerprint density at radius 2 is 1.88 bits per heavy atom. The number of nitrogens with one attached hydrogen (secondary N) is 1. The van der Waals surface area contributed by atoms with Gasteiger partial charge in [0.05, 0.1) is 36.9 Å². The summed E-state index contributed by atoms with van der Waals surface area (Å²) in [6.07, 6.45) is -0.179. The van der Waals surface area contributed by atoms with Crippen LogP contribution in [0.25, 0.3) is 16.9 Å². The van der Waals surface area contributed by atoms with Crippen LogP contribution in [0.2, 0.25) is 0 Å². The number of morpholine rings is 1. The fraction of sp³-hybridized carbons (Fsp3) is 0.379. The van der Waals surface area contributed by atoms with Gasteiger partial charge in [-0.1, -0.05) is 17.3 Å². The van der Waals surface area contributed by atoms with Crippen molar-refractivity contribution in [1.29, 1.82) is 0 Å². The van der Waals surface area contributed by atoms with Gasteiger partial charge in [0.15, 0.2) is 0 Å². The minimum atomic E-state index is -4.54. The highest BCUT2D eigenvalue weighted by Gasteiger charge is 2.33. The smallest absolute Gasteiger partial charge is 0.379 e. The van der Waals surface area contributed by atoms with Crippen LogP contribution in [0.4, 0.5) is 18.9 Å². The molecule has 0 atom stereocenters. The maximum atomic E-state index is 13.9. The molecule has 5 rings (SSSR count). The van der Waals surface area contributed by atoms with Gasteiger partial charge in [0.1, 0.15) is 5.69 Å². The molecule has 0 radical (unpaired) electrons. The summed E-state index contributed by atoms with van der Waals surface area (Å²) in [5.41, 5.74) is 3.73. The zero-order chi connectivity index (χ0) is 29.1. The Morgan fingerprint density at radius 3 is 2.59 bits per heavy atom. The molecule has 1 fully saturated rings. The molecule has 0 bridgehead atoms. The summed E-state index contributed by atoms with van der Waals surface area (Å²) in [7, 11) is 1.84. The molecule has 12 heteroatoms. The Bertz CT molecular complexity index is 1540. The average Bonchev–Trinajstić information content (AvgIpc) is 3.56. The molecule has 2 aromatic heterocycles. The summed E-state index contributed by atoms with van der Waals surface area (Å²) >= 11 is 0. The fourth-order valence-corrected chi connectivity index (χ4v) is 4.91. The van der Waals surface area contributed by atoms with E-state index >= 15 is 0 Å². The minimum Gasteiger partial charge on any atom is -0.379 e. The number of nitrogens with zero attached hydrogens (tertiary/aromatic N) is 6. The summed E-state index contributed by atoms with van der Waals surface area (Å²) in [6.45, 7) is 7.40. The molecule has 41 heavy (non-hydrogen) atoms. The average molecular weight is 568 g/mol. The lowest BCUT2D eigenvalue weighted by Crippen LogP contribution is -2.37. The van der Waals surface area contributed by atoms with E-state index in [9.17, 15) is 18.0 Å². The largest absolute Gasteiger partial charge is 0.416 e. The van der Waals surface area contributed by atoms with E-state index in [0.717, 1.165) is 36.0 Å². The third-order valence-electron chi connectivity index (χ3n) is 7.42. The zero-order valence-corrected chi connectivity index (χ0v) is 23.2. The molecule has 1 saturated heterocycles. The molecule has 0 saturated carbocycles. The van der Waals surface area contributed by atoms with Crippen molar-refractivity contribution in [1.82, 2.24) is 29.7 Å². The van der Waals surface area contributed by atoms with E-state index in [1.54, 1.807) is 40.0 Å². The van der Waals surface area contributed by atoms with Crippen molar-refractivity contribution in [2.45, 2.75) is 32.9 Å². The number of carbonyl (C=O) groups excluding carboxylic acids is 1. The van der Waals surface area contributed by atoms with Crippen LogP contribution in [-0.4, -0.2) is 68.4 Å². The molecule has 1 aliphatic heterocycles. The van der Waals surface area contributed by atoms with Gasteiger partial charge in [-0.3, -0.25) is 14.4 Å². The van der Waals surface area contributed by atoms with E-state index in [2.05, 4.69) is 25.6 Å². The Labute approximate surface area is 235 Å². The van der Waals surface area contributed by atoms with E-state index in [1.165, 1.54) is 12.1 Å². The summed E-state index contributed by atoms with van der Waals surface area (Å²) in [6, 6.07) is 9.02. The molecule has 3 heterocycles. The van der Waals surface area contributed by atoms with Crippen LogP contribution in [-0.2, 0) is 24.4 Å². The number of aromatic nitrogens is 5. The van der Waals surface area contributed by atoms with Crippen LogP contribution in [0, 0.1) is 13.8 Å². The summed E-state index contributed by atoms with van der Waals surface area (Å²) in [5, 5.41) is 15.3. The highest BCUT2D eigenvalue weighted by atomic mass is 19.4. The first-order valence-corrected chi connectivity index (χ1v) is 13.4. The molecular formula is C29H32F3N7O2. The van der Waals surface area contributed by atoms with Gasteiger partial charge in [-0.15, -0.1) is 5.10 Å². The van der Waals surface area contributed by atoms with Crippen LogP contribution in [0.5, 0.6) is 0 Å². The Morgan fingerprint density at radius 1 is 1.10 bits per heavy atom. The number of halogens is 3. The van der Waals surface area contributed by atoms with E-state index in [-0.39, 0.29) is 16.8 Å². The first-order valence-electron chi connectivity index (χ1n) is 13.4. The maximum Gasteiger partial charge on any atom is 0.416 e. The lowest BCUT2D eigenvalue weighted by atomic mass is 10.0. The van der Waals surface area contributed by atoms with Gasteiger partial charge in [-0.2, -0.15) is 18.3 Å². The van der Waals surface area contributed by atoms with Crippen LogP contribution >= 0.6 is 0 Å². The highest BCUT2D eigenvalue weighted by molar-refractivity contribution is 6.04. The summed E-state index contributed by atoms with van der Waals surface area (Å²) < 4.78 is 50.5. The molecular weight excluding hydrogens is 535 g/mol. The number of amides is 1. The van der Waals surface area contributed by atoms with Crippen LogP contribution in [0.15, 0.2) is 48.8 Å². The second-order valence-electron chi connectivity index (χ2n) is 10.2. The molecule has 0 unspecified atom stereocenters. The zero-order valence-electron chi connectivity index (χ0n) is 23.2. The Balaban J connectivity index is 1.31. The number of alkyl halides is 3. The Kier molecular flexibility index (Phi) is 8.22. The number of benzene rings is 2. The molecule has 216 valence electrons. The number of hydrogen-bond donors (Lipinski definition) is 1. The van der Waals surface area contributed by atoms with Crippen LogP contribution in [0.3, 0.4) is 0 Å². The molecule has 9 nitrogen and oxygen atoms in total. The van der Waals surface area contributed by atoms with E-state index in [0.29, 0.717) is 44.0 Å². The van der Waals surface area contributed by atoms with Gasteiger partial charge in [0.25, 0.3) is 5.91 Å². The van der Waals surface area contributed by atoms with Gasteiger partial charge in [0.2, 0.25) is 0 Å². The molecule has 0 spiro atoms. The number of ether oxygens (including phenoxy) is 1. The topological polar surface area (TPSA) is 90.1 Å². The van der Waals surface area contributed by atoms with E-state index in [4.69, 9.17) is 4.74 Å². The normalized spacial score (nSPS) is 14.4. The molecule has 1 amide bonds. The predicted octanol–water partition coefficient (Wildman–Crippen LogP) is 4.82. The highest BCUT2D eigenvalue weighted by Crippen LogP contribution is 2.34. The monoisotopic (exact) mass is 567 g/mol. The van der Waals surface area contributed by atoms with Crippen molar-refractivity contribution < 1.29 is 22.7 Å². The number of rotatable bonds is 8. The van der Waals surface area contributed by atoms with E-state index < -0.39 is 17.6 Å². The van der Waals surface area contributed by atoms with Crippen LogP contribution in [0.1, 0.15) is 39.2 Å². The lowest BCUT2D eigenvalue weighted by molar-refractivity contribution is -0.138. The quantitative estimate of drug-likeness (QED) is 0.329. The summed E-state index contributed by atoms with van der Waals surface area (Å²) in [4.78, 5) is 15.3. The van der Waals surface area contributed by atoms with Crippen molar-refractivity contribution in [3.63, 3.8) is 0 Å². The fourth-order valence-electron chi connectivity index (χ4n) is 4.91. The van der Waals surface area contributed by atoms with Gasteiger partial charge in [-0.25, -0.2) is 4.68 Å². The van der Waals surface area contributed by atoms with Crippen LogP contribution < -0.4 is 5.32 Å². The number of aryl methyl sites for hydroxylation is 3. The second-order valence-corrected chi connectivity index (χ2v) is 10.2. The van der Waals surface area contributed by atoms with Gasteiger partial charge in [0, 0.05) is 42.6 Å². The van der Waals surface area contributed by atoms with Gasteiger partial charge < -0.3 is 10.1 Å². The van der Waals surface area contributed by atoms with Crippen molar-refractivity contribution >= 4 is 11.6 Å². The molecule has 1 N–H and O–H groups in total. The summed E-state index contributed by atoms with van der Waals surface area (Å²) in [5.74, 6) is -0.525. The van der Waals surface area contributed by atoms with Crippen molar-refractivity contribution in [2.75, 3.05) is 38.2 Å². The van der Waals surface area contributed by atoms with Crippen molar-refractivity contribution in [2.24, 2.45) is 7.05 Å². The lowest BCUT2D eigenvalue weighted by Gasteiger charge is -2.26. The number of hydrogen-bond acceptors (Lipinski definition) is 6. The van der Waals surface area contributed by atoms with Crippen molar-refractivity contribution in [3.8, 4) is 16.9 Å². The third-order valence-corrected chi connectivity index (χ3v) is 7.42. The standard InChI is InChI=1S/C29H32F3N7O2/c1-19-6-7-22(15-27(19)39-18-26(35-36-39)24-17-33-37(3)20(24)2)28(40)34-23-9-8-21(25(16-23)29(30,31)32)5-4-10-38-11-13-41-14-12-38/h6-9,15-18H,4-5,10-14H2,1-3H3,(H,34,40). The molecule has 2 aromatic carbocycles. The van der Waals surface area contributed by atoms with Gasteiger partial charge >= 0.3 is 6.18 Å². The minimum absolute atomic E-state index is 0.0801. The predicted molar refractivity (Wildman–Crippen MR) is 148 cm³/mol. The first kappa shape index (κ1) is 28.5. The molecule has 0 aliphatic carbocycles. The van der Waals surface area contributed by atoms with Crippen molar-refractivity contribution in [3.05, 3.63) is 76.7 Å².